The minimum absolute atomic E-state index is 0.0902. The Morgan fingerprint density at radius 2 is 2.20 bits per heavy atom. The Morgan fingerprint density at radius 3 is 2.90 bits per heavy atom. The fourth-order valence-electron chi connectivity index (χ4n) is 2.70. The standard InChI is InChI=1S/C12H14ClN3O4/c13-9-6-10(16(17)18)11(14-7-9)15-3-1-2-12(8-15)19-4-5-20-12/h6-7H,1-5,8H2. The number of rotatable bonds is 2. The summed E-state index contributed by atoms with van der Waals surface area (Å²) in [6.45, 7) is 2.25. The molecule has 0 aromatic carbocycles. The maximum Gasteiger partial charge on any atom is 0.313 e. The van der Waals surface area contributed by atoms with Crippen LogP contribution in [0.25, 0.3) is 0 Å². The first-order valence-corrected chi connectivity index (χ1v) is 6.80. The van der Waals surface area contributed by atoms with Crippen molar-refractivity contribution in [1.29, 1.82) is 0 Å². The van der Waals surface area contributed by atoms with Crippen molar-refractivity contribution in [2.45, 2.75) is 18.6 Å². The van der Waals surface area contributed by atoms with Gasteiger partial charge in [0.25, 0.3) is 0 Å². The van der Waals surface area contributed by atoms with E-state index >= 15 is 0 Å². The highest BCUT2D eigenvalue weighted by Gasteiger charge is 2.42. The molecule has 2 fully saturated rings. The van der Waals surface area contributed by atoms with Crippen LogP contribution in [0.2, 0.25) is 5.02 Å². The van der Waals surface area contributed by atoms with Crippen LogP contribution in [-0.2, 0) is 9.47 Å². The quantitative estimate of drug-likeness (QED) is 0.614. The molecule has 2 aliphatic heterocycles. The second kappa shape index (κ2) is 5.16. The Kier molecular flexibility index (Phi) is 3.49. The van der Waals surface area contributed by atoms with Crippen molar-refractivity contribution in [3.05, 3.63) is 27.4 Å². The lowest BCUT2D eigenvalue weighted by Crippen LogP contribution is -2.49. The highest BCUT2D eigenvalue weighted by atomic mass is 35.5. The predicted molar refractivity (Wildman–Crippen MR) is 72.0 cm³/mol. The summed E-state index contributed by atoms with van der Waals surface area (Å²) in [5.74, 6) is -0.328. The van der Waals surface area contributed by atoms with Crippen LogP contribution in [0.15, 0.2) is 12.3 Å². The van der Waals surface area contributed by atoms with E-state index in [9.17, 15) is 10.1 Å². The largest absolute Gasteiger partial charge is 0.346 e. The van der Waals surface area contributed by atoms with Crippen molar-refractivity contribution in [3.8, 4) is 0 Å². The topological polar surface area (TPSA) is 77.7 Å². The van der Waals surface area contributed by atoms with Gasteiger partial charge < -0.3 is 14.4 Å². The minimum atomic E-state index is -0.645. The lowest BCUT2D eigenvalue weighted by Gasteiger charge is -2.38. The minimum Gasteiger partial charge on any atom is -0.346 e. The summed E-state index contributed by atoms with van der Waals surface area (Å²) in [5, 5.41) is 11.4. The third-order valence-electron chi connectivity index (χ3n) is 3.54. The van der Waals surface area contributed by atoms with Gasteiger partial charge in [-0.3, -0.25) is 10.1 Å². The molecule has 0 unspecified atom stereocenters. The Hall–Kier alpha value is -1.44. The molecule has 20 heavy (non-hydrogen) atoms. The van der Waals surface area contributed by atoms with Gasteiger partial charge in [0.2, 0.25) is 5.82 Å². The van der Waals surface area contributed by atoms with Gasteiger partial charge in [0.1, 0.15) is 0 Å². The summed E-state index contributed by atoms with van der Waals surface area (Å²) in [4.78, 5) is 16.6. The number of aromatic nitrogens is 1. The van der Waals surface area contributed by atoms with Crippen molar-refractivity contribution < 1.29 is 14.4 Å². The molecule has 8 heteroatoms. The number of pyridine rings is 1. The van der Waals surface area contributed by atoms with E-state index < -0.39 is 10.7 Å². The lowest BCUT2D eigenvalue weighted by molar-refractivity contribution is -0.384. The Bertz CT molecular complexity index is 533. The molecule has 108 valence electrons. The van der Waals surface area contributed by atoms with Crippen LogP contribution in [0.3, 0.4) is 0 Å². The Morgan fingerprint density at radius 1 is 1.45 bits per heavy atom. The molecule has 1 spiro atoms. The summed E-state index contributed by atoms with van der Waals surface area (Å²) >= 11 is 5.79. The molecular weight excluding hydrogens is 286 g/mol. The summed E-state index contributed by atoms with van der Waals surface area (Å²) < 4.78 is 11.3. The zero-order valence-electron chi connectivity index (χ0n) is 10.7. The molecule has 0 atom stereocenters. The zero-order valence-corrected chi connectivity index (χ0v) is 11.5. The van der Waals surface area contributed by atoms with E-state index in [2.05, 4.69) is 4.98 Å². The number of hydrogen-bond acceptors (Lipinski definition) is 6. The molecule has 2 saturated heterocycles. The molecule has 0 amide bonds. The third kappa shape index (κ3) is 2.44. The van der Waals surface area contributed by atoms with Gasteiger partial charge in [-0.2, -0.15) is 0 Å². The van der Waals surface area contributed by atoms with E-state index in [1.54, 1.807) is 0 Å². The van der Waals surface area contributed by atoms with Crippen molar-refractivity contribution in [2.75, 3.05) is 31.2 Å². The fourth-order valence-corrected chi connectivity index (χ4v) is 2.85. The highest BCUT2D eigenvalue weighted by molar-refractivity contribution is 6.30. The van der Waals surface area contributed by atoms with Crippen molar-refractivity contribution in [1.82, 2.24) is 4.98 Å². The smallest absolute Gasteiger partial charge is 0.313 e. The average Bonchev–Trinajstić information content (AvgIpc) is 2.86. The van der Waals surface area contributed by atoms with Crippen LogP contribution in [0, 0.1) is 10.1 Å². The number of ether oxygens (including phenoxy) is 2. The van der Waals surface area contributed by atoms with Crippen molar-refractivity contribution in [3.63, 3.8) is 0 Å². The predicted octanol–water partition coefficient (Wildman–Crippen LogP) is 1.99. The number of nitro groups is 1. The highest BCUT2D eigenvalue weighted by Crippen LogP contribution is 2.35. The van der Waals surface area contributed by atoms with Crippen LogP contribution in [-0.4, -0.2) is 42.0 Å². The van der Waals surface area contributed by atoms with Crippen LogP contribution in [0.5, 0.6) is 0 Å². The summed E-state index contributed by atoms with van der Waals surface area (Å²) in [5.41, 5.74) is -0.0902. The maximum absolute atomic E-state index is 11.1. The average molecular weight is 300 g/mol. The van der Waals surface area contributed by atoms with Gasteiger partial charge in [-0.1, -0.05) is 11.6 Å². The van der Waals surface area contributed by atoms with Gasteiger partial charge in [-0.05, 0) is 6.42 Å². The van der Waals surface area contributed by atoms with Crippen LogP contribution in [0.1, 0.15) is 12.8 Å². The van der Waals surface area contributed by atoms with E-state index in [1.807, 2.05) is 4.90 Å². The summed E-state index contributed by atoms with van der Waals surface area (Å²) in [6, 6.07) is 1.32. The van der Waals surface area contributed by atoms with Gasteiger partial charge >= 0.3 is 5.69 Å². The molecule has 1 aromatic rings. The van der Waals surface area contributed by atoms with E-state index in [-0.39, 0.29) is 10.7 Å². The first-order valence-electron chi connectivity index (χ1n) is 6.42. The molecule has 0 saturated carbocycles. The molecule has 0 N–H and O–H groups in total. The molecule has 2 aliphatic rings. The molecular formula is C12H14ClN3O4. The van der Waals surface area contributed by atoms with E-state index in [1.165, 1.54) is 12.3 Å². The molecule has 0 bridgehead atoms. The Labute approximate surface area is 120 Å². The molecule has 3 heterocycles. The van der Waals surface area contributed by atoms with Gasteiger partial charge in [0.15, 0.2) is 5.79 Å². The second-order valence-electron chi connectivity index (χ2n) is 4.89. The number of hydrogen-bond donors (Lipinski definition) is 0. The van der Waals surface area contributed by atoms with Crippen LogP contribution < -0.4 is 4.90 Å². The molecule has 7 nitrogen and oxygen atoms in total. The number of anilines is 1. The normalized spacial score (nSPS) is 21.4. The summed E-state index contributed by atoms with van der Waals surface area (Å²) in [6.07, 6.45) is 3.05. The van der Waals surface area contributed by atoms with Crippen molar-refractivity contribution in [2.24, 2.45) is 0 Å². The molecule has 1 aromatic heterocycles. The van der Waals surface area contributed by atoms with Gasteiger partial charge in [-0.15, -0.1) is 0 Å². The maximum atomic E-state index is 11.1. The third-order valence-corrected chi connectivity index (χ3v) is 3.75. The number of piperidine rings is 1. The summed E-state index contributed by atoms with van der Waals surface area (Å²) in [7, 11) is 0. The first kappa shape index (κ1) is 13.5. The van der Waals surface area contributed by atoms with Gasteiger partial charge in [0.05, 0.1) is 29.7 Å². The second-order valence-corrected chi connectivity index (χ2v) is 5.32. The number of nitrogens with zero attached hydrogens (tertiary/aromatic N) is 3. The first-order chi connectivity index (χ1) is 9.60. The fraction of sp³-hybridized carbons (Fsp3) is 0.583. The van der Waals surface area contributed by atoms with Gasteiger partial charge in [0, 0.05) is 25.2 Å². The van der Waals surface area contributed by atoms with E-state index in [4.69, 9.17) is 21.1 Å². The number of halogens is 1. The van der Waals surface area contributed by atoms with Gasteiger partial charge in [-0.25, -0.2) is 4.98 Å². The lowest BCUT2D eigenvalue weighted by atomic mass is 10.0. The molecule has 3 rings (SSSR count). The van der Waals surface area contributed by atoms with E-state index in [0.29, 0.717) is 32.1 Å². The van der Waals surface area contributed by atoms with Crippen molar-refractivity contribution >= 4 is 23.1 Å². The SMILES string of the molecule is O=[N+]([O-])c1cc(Cl)cnc1N1CCCC2(C1)OCCO2. The molecule has 0 radical (unpaired) electrons. The van der Waals surface area contributed by atoms with E-state index in [0.717, 1.165) is 12.8 Å². The van der Waals surface area contributed by atoms with Crippen LogP contribution in [0.4, 0.5) is 11.5 Å². The zero-order chi connectivity index (χ0) is 14.2. The molecule has 0 aliphatic carbocycles. The Balaban J connectivity index is 1.90. The monoisotopic (exact) mass is 299 g/mol. The van der Waals surface area contributed by atoms with Crippen LogP contribution >= 0.6 is 11.6 Å².